The van der Waals surface area contributed by atoms with Gasteiger partial charge < -0.3 is 15.4 Å². The molecular weight excluding hydrogens is 272 g/mol. The van der Waals surface area contributed by atoms with Crippen LogP contribution in [-0.4, -0.2) is 54.2 Å². The zero-order valence-corrected chi connectivity index (χ0v) is 13.4. The fraction of sp³-hybridized carbons (Fsp3) is 0.933. The number of hydrogen-bond donors (Lipinski definition) is 1. The summed E-state index contributed by atoms with van der Waals surface area (Å²) in [6.45, 7) is 1.62. The molecular formula is C15H28N2O2S. The molecule has 0 aromatic rings. The number of piperidine rings is 1. The number of nitrogens with two attached hydrogens (primary N) is 1. The third-order valence-corrected chi connectivity index (χ3v) is 5.03. The first kappa shape index (κ1) is 16.1. The van der Waals surface area contributed by atoms with E-state index < -0.39 is 0 Å². The van der Waals surface area contributed by atoms with Crippen LogP contribution in [0.5, 0.6) is 0 Å². The van der Waals surface area contributed by atoms with Crippen LogP contribution in [0.15, 0.2) is 0 Å². The Balaban J connectivity index is 1.68. The molecule has 1 heterocycles. The van der Waals surface area contributed by atoms with Gasteiger partial charge in [0.25, 0.3) is 0 Å². The van der Waals surface area contributed by atoms with Crippen LogP contribution < -0.4 is 5.73 Å². The summed E-state index contributed by atoms with van der Waals surface area (Å²) in [7, 11) is 0. The van der Waals surface area contributed by atoms with Gasteiger partial charge in [-0.3, -0.25) is 4.79 Å². The molecule has 5 heteroatoms. The molecule has 20 heavy (non-hydrogen) atoms. The van der Waals surface area contributed by atoms with Gasteiger partial charge in [0, 0.05) is 13.1 Å². The number of carbonyl (C=O) groups excluding carboxylic acids is 1. The van der Waals surface area contributed by atoms with Crippen LogP contribution in [-0.2, 0) is 9.53 Å². The second-order valence-electron chi connectivity index (χ2n) is 5.96. The van der Waals surface area contributed by atoms with Crippen molar-refractivity contribution in [2.45, 2.75) is 63.2 Å². The van der Waals surface area contributed by atoms with Crippen molar-refractivity contribution in [2.24, 2.45) is 5.73 Å². The maximum atomic E-state index is 12.2. The largest absolute Gasteiger partial charge is 0.375 e. The molecule has 116 valence electrons. The number of nitrogens with zero attached hydrogens (tertiary/aromatic N) is 1. The summed E-state index contributed by atoms with van der Waals surface area (Å²) < 4.78 is 6.13. The van der Waals surface area contributed by atoms with Crippen LogP contribution in [0.25, 0.3) is 0 Å². The summed E-state index contributed by atoms with van der Waals surface area (Å²) >= 11 is 1.74. The first-order valence-electron chi connectivity index (χ1n) is 7.89. The monoisotopic (exact) mass is 300 g/mol. The van der Waals surface area contributed by atoms with Crippen molar-refractivity contribution in [3.63, 3.8) is 0 Å². The van der Waals surface area contributed by atoms with Gasteiger partial charge in [-0.1, -0.05) is 12.8 Å². The minimum absolute atomic E-state index is 0.123. The highest BCUT2D eigenvalue weighted by atomic mass is 32.2. The standard InChI is InChI=1S/C15H28N2O2S/c1-20-11-8-14(16)15(18)17-9-6-13(7-10-17)19-12-4-2-3-5-12/h12-14H,2-11,16H2,1H3. The van der Waals surface area contributed by atoms with Gasteiger partial charge in [0.15, 0.2) is 0 Å². The van der Waals surface area contributed by atoms with Gasteiger partial charge in [-0.2, -0.15) is 11.8 Å². The van der Waals surface area contributed by atoms with Crippen LogP contribution >= 0.6 is 11.8 Å². The van der Waals surface area contributed by atoms with Gasteiger partial charge in [0.05, 0.1) is 18.2 Å². The molecule has 1 atom stereocenters. The first-order chi connectivity index (χ1) is 9.70. The van der Waals surface area contributed by atoms with Gasteiger partial charge in [-0.05, 0) is 44.1 Å². The van der Waals surface area contributed by atoms with Gasteiger partial charge >= 0.3 is 0 Å². The molecule has 1 aliphatic heterocycles. The first-order valence-corrected chi connectivity index (χ1v) is 9.29. The number of ether oxygens (including phenoxy) is 1. The van der Waals surface area contributed by atoms with Crippen LogP contribution in [0.2, 0.25) is 0 Å². The Kier molecular flexibility index (Phi) is 6.65. The average molecular weight is 300 g/mol. The lowest BCUT2D eigenvalue weighted by molar-refractivity contribution is -0.136. The highest BCUT2D eigenvalue weighted by Gasteiger charge is 2.28. The highest BCUT2D eigenvalue weighted by molar-refractivity contribution is 7.98. The number of thioether (sulfide) groups is 1. The van der Waals surface area contributed by atoms with E-state index in [0.717, 1.165) is 38.1 Å². The Hall–Kier alpha value is -0.260. The molecule has 0 radical (unpaired) electrons. The lowest BCUT2D eigenvalue weighted by Gasteiger charge is -2.34. The molecule has 1 saturated carbocycles. The molecule has 0 spiro atoms. The van der Waals surface area contributed by atoms with E-state index in [1.165, 1.54) is 25.7 Å². The number of likely N-dealkylation sites (tertiary alicyclic amines) is 1. The van der Waals surface area contributed by atoms with Gasteiger partial charge in [-0.15, -0.1) is 0 Å². The van der Waals surface area contributed by atoms with E-state index in [0.29, 0.717) is 12.2 Å². The lowest BCUT2D eigenvalue weighted by Crippen LogP contribution is -2.48. The fourth-order valence-corrected chi connectivity index (χ4v) is 3.60. The molecule has 1 unspecified atom stereocenters. The zero-order valence-electron chi connectivity index (χ0n) is 12.6. The van der Waals surface area contributed by atoms with E-state index in [1.54, 1.807) is 11.8 Å². The molecule has 2 fully saturated rings. The predicted molar refractivity (Wildman–Crippen MR) is 83.9 cm³/mol. The SMILES string of the molecule is CSCCC(N)C(=O)N1CCC(OC2CCCC2)CC1. The van der Waals surface area contributed by atoms with E-state index >= 15 is 0 Å². The molecule has 1 aliphatic carbocycles. The molecule has 1 amide bonds. The van der Waals surface area contributed by atoms with Gasteiger partial charge in [0.1, 0.15) is 0 Å². The summed E-state index contributed by atoms with van der Waals surface area (Å²) in [5.74, 6) is 1.08. The number of carbonyl (C=O) groups is 1. The van der Waals surface area contributed by atoms with E-state index in [1.807, 2.05) is 11.2 Å². The third-order valence-electron chi connectivity index (χ3n) is 4.39. The lowest BCUT2D eigenvalue weighted by atomic mass is 10.1. The number of amides is 1. The Morgan fingerprint density at radius 2 is 1.85 bits per heavy atom. The summed E-state index contributed by atoms with van der Waals surface area (Å²) in [4.78, 5) is 14.1. The third kappa shape index (κ3) is 4.64. The molecule has 2 aliphatic rings. The highest BCUT2D eigenvalue weighted by Crippen LogP contribution is 2.25. The molecule has 1 saturated heterocycles. The molecule has 2 N–H and O–H groups in total. The number of rotatable bonds is 6. The van der Waals surface area contributed by atoms with Crippen LogP contribution in [0.4, 0.5) is 0 Å². The van der Waals surface area contributed by atoms with Crippen molar-refractivity contribution >= 4 is 17.7 Å². The molecule has 0 aromatic carbocycles. The van der Waals surface area contributed by atoms with E-state index in [-0.39, 0.29) is 11.9 Å². The Morgan fingerprint density at radius 1 is 1.25 bits per heavy atom. The molecule has 4 nitrogen and oxygen atoms in total. The topological polar surface area (TPSA) is 55.6 Å². The Labute approximate surface area is 126 Å². The van der Waals surface area contributed by atoms with Crippen molar-refractivity contribution in [1.82, 2.24) is 4.90 Å². The fourth-order valence-electron chi connectivity index (χ4n) is 3.11. The molecule has 2 rings (SSSR count). The van der Waals surface area contributed by atoms with Crippen molar-refractivity contribution in [3.8, 4) is 0 Å². The van der Waals surface area contributed by atoms with E-state index in [2.05, 4.69) is 0 Å². The molecule has 0 aromatic heterocycles. The average Bonchev–Trinajstić information content (AvgIpc) is 2.97. The molecule has 0 bridgehead atoms. The van der Waals surface area contributed by atoms with Crippen molar-refractivity contribution in [3.05, 3.63) is 0 Å². The second-order valence-corrected chi connectivity index (χ2v) is 6.94. The van der Waals surface area contributed by atoms with Gasteiger partial charge in [0.2, 0.25) is 5.91 Å². The summed E-state index contributed by atoms with van der Waals surface area (Å²) in [6, 6.07) is -0.324. The van der Waals surface area contributed by atoms with E-state index in [4.69, 9.17) is 10.5 Å². The summed E-state index contributed by atoms with van der Waals surface area (Å²) in [6.07, 6.45) is 10.7. The Morgan fingerprint density at radius 3 is 2.45 bits per heavy atom. The van der Waals surface area contributed by atoms with Crippen molar-refractivity contribution < 1.29 is 9.53 Å². The quantitative estimate of drug-likeness (QED) is 0.815. The van der Waals surface area contributed by atoms with E-state index in [9.17, 15) is 4.79 Å². The number of hydrogen-bond acceptors (Lipinski definition) is 4. The van der Waals surface area contributed by atoms with Crippen molar-refractivity contribution in [1.29, 1.82) is 0 Å². The maximum absolute atomic E-state index is 12.2. The predicted octanol–water partition coefficient (Wildman–Crippen LogP) is 2.02. The smallest absolute Gasteiger partial charge is 0.239 e. The van der Waals surface area contributed by atoms with Crippen LogP contribution in [0.3, 0.4) is 0 Å². The normalized spacial score (nSPS) is 23.2. The Bertz CT molecular complexity index is 300. The van der Waals surface area contributed by atoms with Crippen molar-refractivity contribution in [2.75, 3.05) is 25.1 Å². The second kappa shape index (κ2) is 8.25. The minimum Gasteiger partial charge on any atom is -0.375 e. The zero-order chi connectivity index (χ0) is 14.4. The minimum atomic E-state index is -0.324. The van der Waals surface area contributed by atoms with Crippen LogP contribution in [0.1, 0.15) is 44.9 Å². The maximum Gasteiger partial charge on any atom is 0.239 e. The summed E-state index contributed by atoms with van der Waals surface area (Å²) in [5.41, 5.74) is 5.97. The van der Waals surface area contributed by atoms with Crippen LogP contribution in [0, 0.1) is 0 Å². The van der Waals surface area contributed by atoms with Gasteiger partial charge in [-0.25, -0.2) is 0 Å². The summed E-state index contributed by atoms with van der Waals surface area (Å²) in [5, 5.41) is 0.